The van der Waals surface area contributed by atoms with E-state index in [9.17, 15) is 18.0 Å². The van der Waals surface area contributed by atoms with Gasteiger partial charge in [0.25, 0.3) is 5.91 Å². The lowest BCUT2D eigenvalue weighted by atomic mass is 10.2. The molecule has 2 rings (SSSR count). The SMILES string of the molecule is Cc1cc(C(=O)OC(C)C(=O)Nc2ccc(S(=O)(=O)NC(C)C)cc2)c(C)o1. The number of nitrogens with one attached hydrogen (secondary N) is 2. The Bertz CT molecular complexity index is 961. The quantitative estimate of drug-likeness (QED) is 0.681. The van der Waals surface area contributed by atoms with Crippen molar-refractivity contribution in [1.82, 2.24) is 4.72 Å². The smallest absolute Gasteiger partial charge is 0.342 e. The van der Waals surface area contributed by atoms with E-state index in [-0.39, 0.29) is 16.5 Å². The van der Waals surface area contributed by atoms with Gasteiger partial charge in [-0.2, -0.15) is 0 Å². The number of aryl methyl sites for hydroxylation is 2. The number of furan rings is 1. The van der Waals surface area contributed by atoms with E-state index in [1.807, 2.05) is 0 Å². The van der Waals surface area contributed by atoms with Gasteiger partial charge in [-0.3, -0.25) is 4.79 Å². The molecule has 152 valence electrons. The first-order valence-corrected chi connectivity index (χ1v) is 10.2. The molecule has 1 amide bonds. The third kappa shape index (κ3) is 5.43. The third-order valence-corrected chi connectivity index (χ3v) is 5.41. The van der Waals surface area contributed by atoms with E-state index in [1.165, 1.54) is 31.2 Å². The molecule has 0 fully saturated rings. The number of carbonyl (C=O) groups excluding carboxylic acids is 2. The molecule has 1 heterocycles. The first-order valence-electron chi connectivity index (χ1n) is 8.71. The molecule has 1 unspecified atom stereocenters. The Morgan fingerprint density at radius 3 is 2.18 bits per heavy atom. The van der Waals surface area contributed by atoms with Gasteiger partial charge in [0, 0.05) is 11.7 Å². The summed E-state index contributed by atoms with van der Waals surface area (Å²) in [5, 5.41) is 2.58. The average Bonchev–Trinajstić information content (AvgIpc) is 2.92. The topological polar surface area (TPSA) is 115 Å². The van der Waals surface area contributed by atoms with Crippen molar-refractivity contribution in [3.8, 4) is 0 Å². The van der Waals surface area contributed by atoms with Crippen molar-refractivity contribution in [3.05, 3.63) is 47.4 Å². The lowest BCUT2D eigenvalue weighted by molar-refractivity contribution is -0.123. The van der Waals surface area contributed by atoms with Gasteiger partial charge in [0.1, 0.15) is 17.1 Å². The predicted molar refractivity (Wildman–Crippen MR) is 104 cm³/mol. The zero-order chi connectivity index (χ0) is 21.1. The highest BCUT2D eigenvalue weighted by Crippen LogP contribution is 2.17. The molecule has 2 N–H and O–H groups in total. The van der Waals surface area contributed by atoms with E-state index in [1.54, 1.807) is 33.8 Å². The number of rotatable bonds is 7. The summed E-state index contributed by atoms with van der Waals surface area (Å²) >= 11 is 0. The highest BCUT2D eigenvalue weighted by atomic mass is 32.2. The fraction of sp³-hybridized carbons (Fsp3) is 0.368. The molecule has 0 saturated heterocycles. The zero-order valence-electron chi connectivity index (χ0n) is 16.4. The van der Waals surface area contributed by atoms with Gasteiger partial charge in [-0.1, -0.05) is 0 Å². The van der Waals surface area contributed by atoms with Gasteiger partial charge >= 0.3 is 5.97 Å². The summed E-state index contributed by atoms with van der Waals surface area (Å²) in [6.45, 7) is 8.24. The summed E-state index contributed by atoms with van der Waals surface area (Å²) in [5.74, 6) is -0.203. The molecule has 0 radical (unpaired) electrons. The van der Waals surface area contributed by atoms with Crippen LogP contribution in [0.15, 0.2) is 39.6 Å². The molecular weight excluding hydrogens is 384 g/mol. The van der Waals surface area contributed by atoms with Gasteiger partial charge in [0.05, 0.1) is 4.90 Å². The van der Waals surface area contributed by atoms with Crippen LogP contribution in [-0.4, -0.2) is 32.4 Å². The lowest BCUT2D eigenvalue weighted by Gasteiger charge is -2.14. The maximum atomic E-state index is 12.3. The molecule has 0 aliphatic heterocycles. The van der Waals surface area contributed by atoms with Crippen LogP contribution in [0.3, 0.4) is 0 Å². The Kier molecular flexibility index (Phi) is 6.63. The van der Waals surface area contributed by atoms with Crippen LogP contribution in [0.5, 0.6) is 0 Å². The van der Waals surface area contributed by atoms with Crippen LogP contribution in [0.4, 0.5) is 5.69 Å². The van der Waals surface area contributed by atoms with Gasteiger partial charge in [-0.15, -0.1) is 0 Å². The third-order valence-electron chi connectivity index (χ3n) is 3.74. The molecule has 1 atom stereocenters. The van der Waals surface area contributed by atoms with E-state index in [2.05, 4.69) is 10.0 Å². The van der Waals surface area contributed by atoms with Crippen molar-refractivity contribution in [1.29, 1.82) is 0 Å². The maximum absolute atomic E-state index is 12.3. The van der Waals surface area contributed by atoms with Crippen LogP contribution in [0.2, 0.25) is 0 Å². The van der Waals surface area contributed by atoms with E-state index in [0.29, 0.717) is 17.2 Å². The molecule has 2 aromatic rings. The van der Waals surface area contributed by atoms with Crippen molar-refractivity contribution in [3.63, 3.8) is 0 Å². The van der Waals surface area contributed by atoms with Crippen molar-refractivity contribution >= 4 is 27.6 Å². The normalized spacial score (nSPS) is 12.6. The van der Waals surface area contributed by atoms with Crippen molar-refractivity contribution in [2.45, 2.75) is 51.7 Å². The number of amides is 1. The van der Waals surface area contributed by atoms with Crippen LogP contribution < -0.4 is 10.0 Å². The molecule has 8 nitrogen and oxygen atoms in total. The van der Waals surface area contributed by atoms with Crippen LogP contribution >= 0.6 is 0 Å². The fourth-order valence-electron chi connectivity index (χ4n) is 2.45. The fourth-order valence-corrected chi connectivity index (χ4v) is 3.70. The zero-order valence-corrected chi connectivity index (χ0v) is 17.2. The van der Waals surface area contributed by atoms with Crippen LogP contribution in [0.1, 0.15) is 42.6 Å². The molecule has 9 heteroatoms. The van der Waals surface area contributed by atoms with Gasteiger partial charge in [0.15, 0.2) is 6.10 Å². The van der Waals surface area contributed by atoms with Gasteiger partial charge in [-0.25, -0.2) is 17.9 Å². The van der Waals surface area contributed by atoms with Crippen molar-refractivity contribution in [2.75, 3.05) is 5.32 Å². The molecule has 1 aromatic heterocycles. The summed E-state index contributed by atoms with van der Waals surface area (Å²) in [6.07, 6.45) is -1.05. The van der Waals surface area contributed by atoms with Gasteiger partial charge in [-0.05, 0) is 65.0 Å². The van der Waals surface area contributed by atoms with Crippen LogP contribution in [-0.2, 0) is 19.6 Å². The standard InChI is InChI=1S/C19H24N2O6S/c1-11(2)21-28(24,25)16-8-6-15(7-9-16)20-18(22)14(5)27-19(23)17-10-12(3)26-13(17)4/h6-11,14,21H,1-5H3,(H,20,22). The monoisotopic (exact) mass is 408 g/mol. The summed E-state index contributed by atoms with van der Waals surface area (Å²) in [5.41, 5.74) is 0.649. The number of sulfonamides is 1. The van der Waals surface area contributed by atoms with E-state index >= 15 is 0 Å². The minimum absolute atomic E-state index is 0.0875. The Balaban J connectivity index is 2.00. The Morgan fingerprint density at radius 2 is 1.68 bits per heavy atom. The number of benzene rings is 1. The summed E-state index contributed by atoms with van der Waals surface area (Å²) < 4.78 is 37.1. The van der Waals surface area contributed by atoms with Gasteiger partial charge in [0.2, 0.25) is 10.0 Å². The highest BCUT2D eigenvalue weighted by Gasteiger charge is 2.22. The molecule has 0 saturated carbocycles. The molecule has 1 aromatic carbocycles. The number of carbonyl (C=O) groups is 2. The van der Waals surface area contributed by atoms with Crippen LogP contribution in [0.25, 0.3) is 0 Å². The summed E-state index contributed by atoms with van der Waals surface area (Å²) in [4.78, 5) is 24.5. The first kappa shape index (κ1) is 21.6. The summed E-state index contributed by atoms with van der Waals surface area (Å²) in [6, 6.07) is 7.01. The molecule has 28 heavy (non-hydrogen) atoms. The number of hydrogen-bond acceptors (Lipinski definition) is 6. The van der Waals surface area contributed by atoms with Crippen molar-refractivity contribution in [2.24, 2.45) is 0 Å². The van der Waals surface area contributed by atoms with Crippen molar-refractivity contribution < 1.29 is 27.2 Å². The molecular formula is C19H24N2O6S. The largest absolute Gasteiger partial charge is 0.466 e. The first-order chi connectivity index (χ1) is 13.0. The van der Waals surface area contributed by atoms with E-state index < -0.39 is 28.0 Å². The second-order valence-corrected chi connectivity index (χ2v) is 8.38. The average molecular weight is 408 g/mol. The maximum Gasteiger partial charge on any atom is 0.342 e. The highest BCUT2D eigenvalue weighted by molar-refractivity contribution is 7.89. The number of anilines is 1. The molecule has 0 aliphatic carbocycles. The predicted octanol–water partition coefficient (Wildman–Crippen LogP) is 2.77. The van der Waals surface area contributed by atoms with Crippen LogP contribution in [0, 0.1) is 13.8 Å². The molecule has 0 aliphatic rings. The molecule has 0 bridgehead atoms. The minimum Gasteiger partial charge on any atom is -0.466 e. The lowest BCUT2D eigenvalue weighted by Crippen LogP contribution is -2.30. The molecule has 0 spiro atoms. The Hall–Kier alpha value is -2.65. The Morgan fingerprint density at radius 1 is 1.07 bits per heavy atom. The number of hydrogen-bond donors (Lipinski definition) is 2. The Labute approximate surface area is 164 Å². The van der Waals surface area contributed by atoms with E-state index in [0.717, 1.165) is 0 Å². The number of esters is 1. The van der Waals surface area contributed by atoms with Gasteiger partial charge < -0.3 is 14.5 Å². The minimum atomic E-state index is -3.61. The second-order valence-electron chi connectivity index (χ2n) is 6.66. The number of ether oxygens (including phenoxy) is 1. The second kappa shape index (κ2) is 8.57. The van der Waals surface area contributed by atoms with E-state index in [4.69, 9.17) is 9.15 Å². The summed E-state index contributed by atoms with van der Waals surface area (Å²) in [7, 11) is -3.61.